The van der Waals surface area contributed by atoms with E-state index in [1.807, 2.05) is 37.4 Å². The second-order valence-electron chi connectivity index (χ2n) is 7.57. The van der Waals surface area contributed by atoms with E-state index in [2.05, 4.69) is 40.6 Å². The van der Waals surface area contributed by atoms with E-state index in [9.17, 15) is 4.79 Å². The van der Waals surface area contributed by atoms with Gasteiger partial charge in [0.05, 0.1) is 10.4 Å². The number of nitrogens with one attached hydrogen (secondary N) is 1. The van der Waals surface area contributed by atoms with Crippen LogP contribution in [0.15, 0.2) is 48.8 Å². The van der Waals surface area contributed by atoms with E-state index in [4.69, 9.17) is 10.7 Å². The highest BCUT2D eigenvalue weighted by molar-refractivity contribution is 7.21. The summed E-state index contributed by atoms with van der Waals surface area (Å²) in [6, 6.07) is 6.37. The third-order valence-corrected chi connectivity index (χ3v) is 6.63. The van der Waals surface area contributed by atoms with Crippen LogP contribution in [-0.2, 0) is 0 Å². The van der Waals surface area contributed by atoms with Crippen molar-refractivity contribution in [3.63, 3.8) is 0 Å². The van der Waals surface area contributed by atoms with Gasteiger partial charge in [0.2, 0.25) is 5.95 Å². The number of benzene rings is 1. The van der Waals surface area contributed by atoms with Crippen LogP contribution in [-0.4, -0.2) is 64.9 Å². The number of nitrogens with zero attached hydrogens (tertiary/aromatic N) is 4. The van der Waals surface area contributed by atoms with Gasteiger partial charge in [0.25, 0.3) is 5.91 Å². The maximum absolute atomic E-state index is 12.9. The van der Waals surface area contributed by atoms with Crippen LogP contribution in [0.1, 0.15) is 23.0 Å². The van der Waals surface area contributed by atoms with Crippen molar-refractivity contribution >= 4 is 44.2 Å². The largest absolute Gasteiger partial charge is 0.374 e. The number of rotatable bonds is 8. The Hall–Kier alpha value is -2.97. The Bertz CT molecular complexity index is 1140. The molecule has 0 fully saturated rings. The van der Waals surface area contributed by atoms with Gasteiger partial charge < -0.3 is 20.9 Å². The van der Waals surface area contributed by atoms with Gasteiger partial charge in [-0.05, 0) is 43.8 Å². The molecule has 8 heteroatoms. The number of carbonyl (C=O) groups is 1. The van der Waals surface area contributed by atoms with Gasteiger partial charge in [-0.15, -0.1) is 11.3 Å². The number of carbonyl (C=O) groups excluding carboxylic acids is 1. The molecule has 0 saturated heterocycles. The highest BCUT2D eigenvalue weighted by Crippen LogP contribution is 2.32. The van der Waals surface area contributed by atoms with Crippen LogP contribution in [0.2, 0.25) is 0 Å². The number of allylic oxidation sites excluding steroid dienone is 2. The fourth-order valence-corrected chi connectivity index (χ4v) is 4.80. The minimum atomic E-state index is 0.0217. The van der Waals surface area contributed by atoms with Crippen LogP contribution in [0.3, 0.4) is 0 Å². The number of amides is 1. The highest BCUT2D eigenvalue weighted by atomic mass is 32.1. The fraction of sp³-hybridized carbons (Fsp3) is 0.348. The first-order valence-corrected chi connectivity index (χ1v) is 11.4. The van der Waals surface area contributed by atoms with Crippen molar-refractivity contribution in [2.24, 2.45) is 5.73 Å². The van der Waals surface area contributed by atoms with Crippen LogP contribution in [0.4, 0.5) is 5.95 Å². The molecule has 3 N–H and O–H groups in total. The van der Waals surface area contributed by atoms with Gasteiger partial charge in [0, 0.05) is 60.9 Å². The van der Waals surface area contributed by atoms with Crippen LogP contribution in [0.5, 0.6) is 0 Å². The van der Waals surface area contributed by atoms with E-state index >= 15 is 0 Å². The first kappa shape index (κ1) is 21.3. The summed E-state index contributed by atoms with van der Waals surface area (Å²) in [6.45, 7) is 4.40. The topological polar surface area (TPSA) is 87.4 Å². The minimum Gasteiger partial charge on any atom is -0.374 e. The molecule has 0 radical (unpaired) electrons. The van der Waals surface area contributed by atoms with Crippen molar-refractivity contribution in [1.29, 1.82) is 0 Å². The first-order valence-electron chi connectivity index (χ1n) is 10.6. The molecule has 0 saturated carbocycles. The van der Waals surface area contributed by atoms with Crippen molar-refractivity contribution in [2.45, 2.75) is 19.4 Å². The number of likely N-dealkylation sites (N-methyl/N-ethyl adjacent to an activating group) is 2. The molecule has 0 aliphatic carbocycles. The molecular weight excluding hydrogens is 408 g/mol. The Morgan fingerprint density at radius 1 is 1.35 bits per heavy atom. The molecule has 2 aromatic heterocycles. The normalized spacial score (nSPS) is 15.7. The first-order chi connectivity index (χ1) is 15.1. The fourth-order valence-electron chi connectivity index (χ4n) is 3.77. The number of nitrogens with two attached hydrogens (primary N) is 1. The van der Waals surface area contributed by atoms with Gasteiger partial charge in [-0.1, -0.05) is 12.2 Å². The monoisotopic (exact) mass is 436 g/mol. The third-order valence-electron chi connectivity index (χ3n) is 5.54. The van der Waals surface area contributed by atoms with E-state index < -0.39 is 0 Å². The summed E-state index contributed by atoms with van der Waals surface area (Å²) in [4.78, 5) is 26.8. The summed E-state index contributed by atoms with van der Waals surface area (Å²) >= 11 is 1.50. The van der Waals surface area contributed by atoms with E-state index in [1.165, 1.54) is 11.3 Å². The predicted octanol–water partition coefficient (Wildman–Crippen LogP) is 3.45. The van der Waals surface area contributed by atoms with Crippen molar-refractivity contribution in [3.05, 3.63) is 53.7 Å². The maximum atomic E-state index is 12.9. The summed E-state index contributed by atoms with van der Waals surface area (Å²) in [5.74, 6) is 0.629. The summed E-state index contributed by atoms with van der Waals surface area (Å²) in [6.07, 6.45) is 11.2. The molecule has 4 rings (SSSR count). The molecule has 1 atom stereocenters. The molecule has 1 aromatic carbocycles. The minimum absolute atomic E-state index is 0.0217. The number of hydrogen-bond donors (Lipinski definition) is 2. The Morgan fingerprint density at radius 2 is 2.23 bits per heavy atom. The van der Waals surface area contributed by atoms with Gasteiger partial charge in [-0.25, -0.2) is 9.97 Å². The number of anilines is 1. The summed E-state index contributed by atoms with van der Waals surface area (Å²) in [7, 11) is 2.08. The van der Waals surface area contributed by atoms with E-state index in [0.29, 0.717) is 36.5 Å². The zero-order chi connectivity index (χ0) is 21.8. The molecule has 0 bridgehead atoms. The molecule has 3 heterocycles. The van der Waals surface area contributed by atoms with Crippen molar-refractivity contribution in [1.82, 2.24) is 19.8 Å². The highest BCUT2D eigenvalue weighted by Gasteiger charge is 2.18. The van der Waals surface area contributed by atoms with Crippen LogP contribution >= 0.6 is 11.3 Å². The quantitative estimate of drug-likeness (QED) is 0.562. The molecule has 1 unspecified atom stereocenters. The van der Waals surface area contributed by atoms with Gasteiger partial charge in [-0.2, -0.15) is 0 Å². The Balaban J connectivity index is 1.55. The Kier molecular flexibility index (Phi) is 6.48. The van der Waals surface area contributed by atoms with Crippen LogP contribution in [0.25, 0.3) is 21.0 Å². The molecule has 162 valence electrons. The molecule has 0 spiro atoms. The molecule has 1 aliphatic heterocycles. The lowest BCUT2D eigenvalue weighted by molar-refractivity contribution is 0.0774. The van der Waals surface area contributed by atoms with Crippen molar-refractivity contribution < 1.29 is 4.79 Å². The van der Waals surface area contributed by atoms with Gasteiger partial charge >= 0.3 is 0 Å². The van der Waals surface area contributed by atoms with E-state index in [0.717, 1.165) is 34.0 Å². The third kappa shape index (κ3) is 4.55. The average molecular weight is 437 g/mol. The van der Waals surface area contributed by atoms with Gasteiger partial charge in [-0.3, -0.25) is 4.79 Å². The summed E-state index contributed by atoms with van der Waals surface area (Å²) in [5.41, 5.74) is 6.52. The number of hydrogen-bond acceptors (Lipinski definition) is 7. The smallest absolute Gasteiger partial charge is 0.263 e. The average Bonchev–Trinajstić information content (AvgIpc) is 3.23. The lowest BCUT2D eigenvalue weighted by Gasteiger charge is -2.26. The number of fused-ring (bicyclic) bond motifs is 3. The van der Waals surface area contributed by atoms with E-state index in [-0.39, 0.29) is 5.91 Å². The van der Waals surface area contributed by atoms with E-state index in [1.54, 1.807) is 4.90 Å². The number of thiophene rings is 1. The van der Waals surface area contributed by atoms with Crippen molar-refractivity contribution in [2.75, 3.05) is 38.5 Å². The summed E-state index contributed by atoms with van der Waals surface area (Å²) < 4.78 is 1.05. The van der Waals surface area contributed by atoms with Gasteiger partial charge in [0.15, 0.2) is 0 Å². The van der Waals surface area contributed by atoms with Gasteiger partial charge in [0.1, 0.15) is 0 Å². The van der Waals surface area contributed by atoms with Crippen molar-refractivity contribution in [3.8, 4) is 0 Å². The molecule has 1 amide bonds. The Labute approximate surface area is 186 Å². The summed E-state index contributed by atoms with van der Waals surface area (Å²) in [5, 5.41) is 5.30. The molecule has 7 nitrogen and oxygen atoms in total. The van der Waals surface area contributed by atoms with Crippen LogP contribution in [0, 0.1) is 0 Å². The molecule has 1 aliphatic rings. The standard InChI is InChI=1S/C23H28N6OS/c1-3-29(13-10-24)22(30)20-14-18-19(31-20)8-7-16-15-26-23(27-21(16)18)25-11-9-17-6-4-5-12-28(17)2/h4-8,12,14-15,17H,3,9-11,13,24H2,1-2H3,(H,25,26,27). The second kappa shape index (κ2) is 9.45. The lowest BCUT2D eigenvalue weighted by Crippen LogP contribution is -2.34. The zero-order valence-corrected chi connectivity index (χ0v) is 18.7. The predicted molar refractivity (Wildman–Crippen MR) is 128 cm³/mol. The lowest BCUT2D eigenvalue weighted by atomic mass is 10.1. The van der Waals surface area contributed by atoms with Crippen LogP contribution < -0.4 is 11.1 Å². The zero-order valence-electron chi connectivity index (χ0n) is 17.9. The Morgan fingerprint density at radius 3 is 3.00 bits per heavy atom. The maximum Gasteiger partial charge on any atom is 0.263 e. The molecular formula is C23H28N6OS. The SMILES string of the molecule is CCN(CCN)C(=O)c1cc2c(ccc3cnc(NCCC4C=CC=CN4C)nc32)s1. The molecule has 3 aromatic rings. The number of aromatic nitrogens is 2. The second-order valence-corrected chi connectivity index (χ2v) is 8.65. The molecule has 31 heavy (non-hydrogen) atoms.